The molecule has 0 saturated carbocycles. The van der Waals surface area contributed by atoms with E-state index in [-0.39, 0.29) is 11.7 Å². The monoisotopic (exact) mass is 326 g/mol. The molecule has 0 atom stereocenters. The second-order valence-corrected chi connectivity index (χ2v) is 6.31. The summed E-state index contributed by atoms with van der Waals surface area (Å²) in [6, 6.07) is 11.9. The Morgan fingerprint density at radius 1 is 1.17 bits per heavy atom. The van der Waals surface area contributed by atoms with Crippen LogP contribution in [0, 0.1) is 19.7 Å². The van der Waals surface area contributed by atoms with E-state index in [1.807, 2.05) is 30.5 Å². The number of thiazole rings is 1. The van der Waals surface area contributed by atoms with Crippen molar-refractivity contribution in [2.75, 3.05) is 5.32 Å². The first-order valence-electron chi connectivity index (χ1n) is 7.13. The number of nitrogens with zero attached hydrogens (tertiary/aromatic N) is 1. The maximum absolute atomic E-state index is 13.6. The highest BCUT2D eigenvalue weighted by Crippen LogP contribution is 2.24. The molecule has 3 aromatic rings. The van der Waals surface area contributed by atoms with E-state index in [1.54, 1.807) is 36.5 Å². The lowest BCUT2D eigenvalue weighted by atomic mass is 10.1. The summed E-state index contributed by atoms with van der Waals surface area (Å²) in [7, 11) is 0. The minimum atomic E-state index is -0.385. The summed E-state index contributed by atoms with van der Waals surface area (Å²) in [6.45, 7) is 3.61. The molecule has 2 aromatic carbocycles. The van der Waals surface area contributed by atoms with Crippen molar-refractivity contribution in [3.63, 3.8) is 0 Å². The number of halogens is 1. The van der Waals surface area contributed by atoms with Crippen LogP contribution in [0.1, 0.15) is 20.9 Å². The minimum Gasteiger partial charge on any atom is -0.322 e. The van der Waals surface area contributed by atoms with Crippen LogP contribution < -0.4 is 5.32 Å². The van der Waals surface area contributed by atoms with Gasteiger partial charge in [0.05, 0.1) is 10.7 Å². The molecule has 23 heavy (non-hydrogen) atoms. The molecule has 0 radical (unpaired) electrons. The van der Waals surface area contributed by atoms with Gasteiger partial charge in [0.1, 0.15) is 5.82 Å². The molecule has 0 unspecified atom stereocenters. The summed E-state index contributed by atoms with van der Waals surface area (Å²) in [5.74, 6) is -0.722. The summed E-state index contributed by atoms with van der Waals surface area (Å²) in [4.78, 5) is 16.7. The van der Waals surface area contributed by atoms with Gasteiger partial charge in [0.2, 0.25) is 0 Å². The highest BCUT2D eigenvalue weighted by molar-refractivity contribution is 7.09. The maximum atomic E-state index is 13.6. The summed E-state index contributed by atoms with van der Waals surface area (Å²) in [6.07, 6.45) is 0. The molecular formula is C18H15FN2OS. The molecule has 0 aliphatic rings. The lowest BCUT2D eigenvalue weighted by Crippen LogP contribution is -2.12. The molecule has 0 aliphatic carbocycles. The van der Waals surface area contributed by atoms with Gasteiger partial charge in [-0.2, -0.15) is 0 Å². The Kier molecular flexibility index (Phi) is 4.21. The third-order valence-corrected chi connectivity index (χ3v) is 4.24. The standard InChI is InChI=1S/C18H15FN2OS/c1-11-6-7-14(9-16(11)19)18(22)21-15-5-3-4-13(8-15)17-10-23-12(2)20-17/h3-10H,1-2H3,(H,21,22). The number of carbonyl (C=O) groups excluding carboxylic acids is 1. The second kappa shape index (κ2) is 6.30. The molecule has 0 saturated heterocycles. The number of aromatic nitrogens is 1. The Hall–Kier alpha value is -2.53. The summed E-state index contributed by atoms with van der Waals surface area (Å²) >= 11 is 1.58. The molecule has 1 heterocycles. The van der Waals surface area contributed by atoms with Crippen LogP contribution in [0.5, 0.6) is 0 Å². The van der Waals surface area contributed by atoms with Gasteiger partial charge in [0.25, 0.3) is 5.91 Å². The predicted molar refractivity (Wildman–Crippen MR) is 91.4 cm³/mol. The van der Waals surface area contributed by atoms with Crippen LogP contribution in [-0.2, 0) is 0 Å². The van der Waals surface area contributed by atoms with Crippen LogP contribution in [0.4, 0.5) is 10.1 Å². The van der Waals surface area contributed by atoms with Gasteiger partial charge in [-0.15, -0.1) is 11.3 Å². The zero-order valence-corrected chi connectivity index (χ0v) is 13.6. The topological polar surface area (TPSA) is 42.0 Å². The molecule has 1 amide bonds. The third kappa shape index (κ3) is 3.46. The molecule has 5 heteroatoms. The van der Waals surface area contributed by atoms with E-state index < -0.39 is 0 Å². The number of amides is 1. The number of benzene rings is 2. The van der Waals surface area contributed by atoms with E-state index in [2.05, 4.69) is 10.3 Å². The van der Waals surface area contributed by atoms with Gasteiger partial charge in [-0.3, -0.25) is 4.79 Å². The van der Waals surface area contributed by atoms with E-state index >= 15 is 0 Å². The average Bonchev–Trinajstić information content (AvgIpc) is 2.97. The number of aryl methyl sites for hydroxylation is 2. The number of carbonyl (C=O) groups is 1. The van der Waals surface area contributed by atoms with Gasteiger partial charge in [0, 0.05) is 22.2 Å². The Morgan fingerprint density at radius 2 is 2.00 bits per heavy atom. The van der Waals surface area contributed by atoms with E-state index in [9.17, 15) is 9.18 Å². The Labute approximate surface area is 137 Å². The second-order valence-electron chi connectivity index (χ2n) is 5.25. The molecule has 1 aromatic heterocycles. The van der Waals surface area contributed by atoms with Crippen molar-refractivity contribution in [2.45, 2.75) is 13.8 Å². The van der Waals surface area contributed by atoms with Crippen LogP contribution in [-0.4, -0.2) is 10.9 Å². The van der Waals surface area contributed by atoms with Crippen molar-refractivity contribution in [1.29, 1.82) is 0 Å². The van der Waals surface area contributed by atoms with Crippen LogP contribution in [0.25, 0.3) is 11.3 Å². The van der Waals surface area contributed by atoms with Crippen LogP contribution in [0.15, 0.2) is 47.8 Å². The van der Waals surface area contributed by atoms with E-state index in [0.717, 1.165) is 16.3 Å². The Balaban J connectivity index is 1.82. The lowest BCUT2D eigenvalue weighted by molar-refractivity contribution is 0.102. The molecule has 0 spiro atoms. The summed E-state index contributed by atoms with van der Waals surface area (Å²) in [5, 5.41) is 5.76. The van der Waals surface area contributed by atoms with Crippen LogP contribution in [0.3, 0.4) is 0 Å². The minimum absolute atomic E-state index is 0.294. The molecule has 0 bridgehead atoms. The van der Waals surface area contributed by atoms with Gasteiger partial charge < -0.3 is 5.32 Å². The quantitative estimate of drug-likeness (QED) is 0.750. The van der Waals surface area contributed by atoms with Crippen molar-refractivity contribution in [3.05, 3.63) is 69.8 Å². The maximum Gasteiger partial charge on any atom is 0.255 e. The molecule has 0 aliphatic heterocycles. The van der Waals surface area contributed by atoms with Crippen LogP contribution in [0.2, 0.25) is 0 Å². The highest BCUT2D eigenvalue weighted by atomic mass is 32.1. The van der Waals surface area contributed by atoms with Crippen molar-refractivity contribution in [1.82, 2.24) is 4.98 Å². The van der Waals surface area contributed by atoms with Crippen molar-refractivity contribution in [3.8, 4) is 11.3 Å². The summed E-state index contributed by atoms with van der Waals surface area (Å²) in [5.41, 5.74) is 3.27. The molecule has 3 rings (SSSR count). The Morgan fingerprint density at radius 3 is 2.70 bits per heavy atom. The van der Waals surface area contributed by atoms with E-state index in [4.69, 9.17) is 0 Å². The number of nitrogens with one attached hydrogen (secondary N) is 1. The van der Waals surface area contributed by atoms with Crippen LogP contribution >= 0.6 is 11.3 Å². The molecule has 1 N–H and O–H groups in total. The Bertz CT molecular complexity index is 873. The smallest absolute Gasteiger partial charge is 0.255 e. The highest BCUT2D eigenvalue weighted by Gasteiger charge is 2.10. The first-order chi connectivity index (χ1) is 11.0. The van der Waals surface area contributed by atoms with E-state index in [1.165, 1.54) is 6.07 Å². The molecular weight excluding hydrogens is 311 g/mol. The van der Waals surface area contributed by atoms with Gasteiger partial charge in [-0.1, -0.05) is 18.2 Å². The fourth-order valence-corrected chi connectivity index (χ4v) is 2.81. The SMILES string of the molecule is Cc1nc(-c2cccc(NC(=O)c3ccc(C)c(F)c3)c2)cs1. The van der Waals surface area contributed by atoms with Gasteiger partial charge in [-0.05, 0) is 43.7 Å². The van der Waals surface area contributed by atoms with Gasteiger partial charge >= 0.3 is 0 Å². The first kappa shape index (κ1) is 15.4. The molecule has 3 nitrogen and oxygen atoms in total. The van der Waals surface area contributed by atoms with Crippen molar-refractivity contribution in [2.24, 2.45) is 0 Å². The number of anilines is 1. The molecule has 116 valence electrons. The largest absolute Gasteiger partial charge is 0.322 e. The molecule has 0 fully saturated rings. The number of rotatable bonds is 3. The first-order valence-corrected chi connectivity index (χ1v) is 8.01. The van der Waals surface area contributed by atoms with E-state index in [0.29, 0.717) is 16.8 Å². The number of hydrogen-bond donors (Lipinski definition) is 1. The fourth-order valence-electron chi connectivity index (χ4n) is 2.19. The summed E-state index contributed by atoms with van der Waals surface area (Å²) < 4.78 is 13.6. The van der Waals surface area contributed by atoms with Gasteiger partial charge in [-0.25, -0.2) is 9.37 Å². The number of hydrogen-bond acceptors (Lipinski definition) is 3. The van der Waals surface area contributed by atoms with Gasteiger partial charge in [0.15, 0.2) is 0 Å². The lowest BCUT2D eigenvalue weighted by Gasteiger charge is -2.07. The zero-order valence-electron chi connectivity index (χ0n) is 12.8. The van der Waals surface area contributed by atoms with Crippen molar-refractivity contribution >= 4 is 22.9 Å². The zero-order chi connectivity index (χ0) is 16.4. The fraction of sp³-hybridized carbons (Fsp3) is 0.111. The normalized spacial score (nSPS) is 10.6. The average molecular weight is 326 g/mol. The third-order valence-electron chi connectivity index (χ3n) is 3.47. The predicted octanol–water partition coefficient (Wildman–Crippen LogP) is 4.82. The van der Waals surface area contributed by atoms with Crippen molar-refractivity contribution < 1.29 is 9.18 Å².